The number of halogens is 3. The van der Waals surface area contributed by atoms with Crippen LogP contribution >= 0.6 is 0 Å². The fraction of sp³-hybridized carbons (Fsp3) is 0.346. The lowest BCUT2D eigenvalue weighted by Gasteiger charge is -2.35. The van der Waals surface area contributed by atoms with E-state index in [0.717, 1.165) is 59.0 Å². The van der Waals surface area contributed by atoms with Crippen LogP contribution in [0.3, 0.4) is 0 Å². The number of allylic oxidation sites excluding steroid dienone is 1. The number of hydrogen-bond donors (Lipinski definition) is 1. The van der Waals surface area contributed by atoms with Crippen LogP contribution in [-0.2, 0) is 6.42 Å². The van der Waals surface area contributed by atoms with Gasteiger partial charge in [-0.2, -0.15) is 0 Å². The van der Waals surface area contributed by atoms with Crippen molar-refractivity contribution in [3.8, 4) is 5.75 Å². The van der Waals surface area contributed by atoms with Gasteiger partial charge in [0, 0.05) is 67.7 Å². The Balaban J connectivity index is 1.08. The Morgan fingerprint density at radius 1 is 0.974 bits per heavy atom. The molecular formula is C26H24F3N7O2. The molecule has 3 aliphatic rings. The largest absolute Gasteiger partial charge is 0.573 e. The summed E-state index contributed by atoms with van der Waals surface area (Å²) in [4.78, 5) is 34.6. The van der Waals surface area contributed by atoms with Gasteiger partial charge in [0.25, 0.3) is 0 Å². The van der Waals surface area contributed by atoms with Gasteiger partial charge >= 0.3 is 12.4 Å². The summed E-state index contributed by atoms with van der Waals surface area (Å²) in [7, 11) is 0. The minimum atomic E-state index is -4.76. The maximum Gasteiger partial charge on any atom is 0.573 e. The molecule has 3 aromatic rings. The predicted molar refractivity (Wildman–Crippen MR) is 134 cm³/mol. The highest BCUT2D eigenvalue weighted by molar-refractivity contribution is 5.91. The zero-order chi connectivity index (χ0) is 26.3. The fourth-order valence-corrected chi connectivity index (χ4v) is 4.67. The Hall–Kier alpha value is -4.22. The highest BCUT2D eigenvalue weighted by Crippen LogP contribution is 2.39. The summed E-state index contributed by atoms with van der Waals surface area (Å²) in [5.41, 5.74) is 4.40. The third-order valence-corrected chi connectivity index (χ3v) is 6.81. The Labute approximate surface area is 216 Å². The number of aromatic nitrogens is 4. The molecule has 2 aromatic heterocycles. The molecule has 1 N–H and O–H groups in total. The second-order valence-electron chi connectivity index (χ2n) is 9.48. The maximum absolute atomic E-state index is 12.7. The third-order valence-electron chi connectivity index (χ3n) is 6.81. The molecule has 2 aliphatic carbocycles. The van der Waals surface area contributed by atoms with Crippen molar-refractivity contribution in [1.82, 2.24) is 24.8 Å². The Morgan fingerprint density at radius 2 is 1.68 bits per heavy atom. The van der Waals surface area contributed by atoms with Crippen LogP contribution in [0.1, 0.15) is 41.4 Å². The lowest BCUT2D eigenvalue weighted by atomic mass is 10.1. The van der Waals surface area contributed by atoms with Crippen molar-refractivity contribution in [1.29, 1.82) is 0 Å². The van der Waals surface area contributed by atoms with E-state index in [1.807, 2.05) is 12.4 Å². The topological polar surface area (TPSA) is 96.4 Å². The Morgan fingerprint density at radius 3 is 2.34 bits per heavy atom. The van der Waals surface area contributed by atoms with Gasteiger partial charge in [-0.1, -0.05) is 0 Å². The van der Waals surface area contributed by atoms with Crippen molar-refractivity contribution in [2.24, 2.45) is 0 Å². The van der Waals surface area contributed by atoms with Crippen molar-refractivity contribution in [2.45, 2.75) is 31.5 Å². The summed E-state index contributed by atoms with van der Waals surface area (Å²) in [5.74, 6) is 1.91. The van der Waals surface area contributed by atoms with Crippen LogP contribution in [-0.4, -0.2) is 63.4 Å². The number of alkyl halides is 3. The van der Waals surface area contributed by atoms with Crippen LogP contribution in [0.2, 0.25) is 0 Å². The first kappa shape index (κ1) is 24.1. The SMILES string of the molecule is O=C(Nc1ccc(OC(F)(F)F)cc1)N1CCN(c2ncnc3c2C=C(c2cnc(C4CC4)nc2)C3)CC1. The van der Waals surface area contributed by atoms with Gasteiger partial charge in [-0.25, -0.2) is 24.7 Å². The summed E-state index contributed by atoms with van der Waals surface area (Å²) in [6.45, 7) is 2.09. The number of urea groups is 1. The summed E-state index contributed by atoms with van der Waals surface area (Å²) < 4.78 is 40.9. The molecule has 1 saturated heterocycles. The van der Waals surface area contributed by atoms with E-state index in [0.29, 0.717) is 44.2 Å². The second kappa shape index (κ2) is 9.58. The number of nitrogens with one attached hydrogen (secondary N) is 1. The van der Waals surface area contributed by atoms with Crippen LogP contribution < -0.4 is 15.0 Å². The predicted octanol–water partition coefficient (Wildman–Crippen LogP) is 4.49. The molecule has 0 spiro atoms. The molecule has 1 aromatic carbocycles. The van der Waals surface area contributed by atoms with E-state index in [1.165, 1.54) is 12.1 Å². The van der Waals surface area contributed by atoms with Gasteiger partial charge < -0.3 is 19.9 Å². The monoisotopic (exact) mass is 523 g/mol. The Kier molecular flexibility index (Phi) is 6.09. The first-order chi connectivity index (χ1) is 18.3. The van der Waals surface area contributed by atoms with Crippen LogP contribution in [0, 0.1) is 0 Å². The summed E-state index contributed by atoms with van der Waals surface area (Å²) in [6, 6.07) is 4.73. The average molecular weight is 524 g/mol. The molecule has 12 heteroatoms. The lowest BCUT2D eigenvalue weighted by molar-refractivity contribution is -0.274. The molecule has 0 unspecified atom stereocenters. The number of nitrogens with zero attached hydrogens (tertiary/aromatic N) is 6. The van der Waals surface area contributed by atoms with E-state index in [1.54, 1.807) is 11.2 Å². The Bertz CT molecular complexity index is 1370. The summed E-state index contributed by atoms with van der Waals surface area (Å²) in [5, 5.41) is 2.72. The highest BCUT2D eigenvalue weighted by atomic mass is 19.4. The van der Waals surface area contributed by atoms with Gasteiger partial charge in [-0.15, -0.1) is 13.2 Å². The van der Waals surface area contributed by atoms with Crippen molar-refractivity contribution < 1.29 is 22.7 Å². The summed E-state index contributed by atoms with van der Waals surface area (Å²) in [6.07, 6.45) is 5.70. The third kappa shape index (κ3) is 5.24. The fourth-order valence-electron chi connectivity index (χ4n) is 4.67. The van der Waals surface area contributed by atoms with Gasteiger partial charge in [-0.05, 0) is 48.8 Å². The van der Waals surface area contributed by atoms with Gasteiger partial charge in [-0.3, -0.25) is 0 Å². The molecule has 2 fully saturated rings. The number of piperazine rings is 1. The minimum absolute atomic E-state index is 0.320. The van der Waals surface area contributed by atoms with E-state index in [9.17, 15) is 18.0 Å². The number of benzene rings is 1. The van der Waals surface area contributed by atoms with Crippen LogP contribution in [0.4, 0.5) is 29.5 Å². The zero-order valence-corrected chi connectivity index (χ0v) is 20.3. The van der Waals surface area contributed by atoms with Gasteiger partial charge in [0.15, 0.2) is 0 Å². The van der Waals surface area contributed by atoms with E-state index in [-0.39, 0.29) is 11.8 Å². The zero-order valence-electron chi connectivity index (χ0n) is 20.3. The molecular weight excluding hydrogens is 499 g/mol. The van der Waals surface area contributed by atoms with Gasteiger partial charge in [0.05, 0.1) is 5.69 Å². The second-order valence-corrected chi connectivity index (χ2v) is 9.48. The highest BCUT2D eigenvalue weighted by Gasteiger charge is 2.31. The first-order valence-corrected chi connectivity index (χ1v) is 12.4. The normalized spacial score (nSPS) is 17.2. The molecule has 6 rings (SSSR count). The van der Waals surface area contributed by atoms with E-state index in [2.05, 4.69) is 41.0 Å². The van der Waals surface area contributed by atoms with Crippen molar-refractivity contribution in [3.05, 3.63) is 65.6 Å². The van der Waals surface area contributed by atoms with Crippen molar-refractivity contribution in [2.75, 3.05) is 36.4 Å². The van der Waals surface area contributed by atoms with E-state index < -0.39 is 6.36 Å². The number of carbonyl (C=O) groups excluding carboxylic acids is 1. The molecule has 38 heavy (non-hydrogen) atoms. The molecule has 9 nitrogen and oxygen atoms in total. The summed E-state index contributed by atoms with van der Waals surface area (Å²) >= 11 is 0. The molecule has 0 radical (unpaired) electrons. The molecule has 196 valence electrons. The smallest absolute Gasteiger partial charge is 0.406 e. The standard InChI is InChI=1S/C26H24F3N7O2/c27-26(28,29)38-20-5-3-19(4-6-20)34-25(37)36-9-7-35(8-10-36)24-21-11-17(12-22(21)32-15-33-24)18-13-30-23(31-14-18)16-1-2-16/h3-6,11,13-16H,1-2,7-10,12H2,(H,34,37). The molecule has 2 amide bonds. The van der Waals surface area contributed by atoms with E-state index >= 15 is 0 Å². The first-order valence-electron chi connectivity index (χ1n) is 12.4. The maximum atomic E-state index is 12.7. The van der Waals surface area contributed by atoms with Crippen LogP contribution in [0.25, 0.3) is 11.6 Å². The van der Waals surface area contributed by atoms with Crippen molar-refractivity contribution >= 4 is 29.2 Å². The van der Waals surface area contributed by atoms with E-state index in [4.69, 9.17) is 0 Å². The molecule has 0 atom stereocenters. The number of fused-ring (bicyclic) bond motifs is 1. The molecule has 3 heterocycles. The molecule has 0 bridgehead atoms. The van der Waals surface area contributed by atoms with Crippen LogP contribution in [0.15, 0.2) is 43.0 Å². The lowest BCUT2D eigenvalue weighted by Crippen LogP contribution is -2.50. The molecule has 1 aliphatic heterocycles. The van der Waals surface area contributed by atoms with Crippen molar-refractivity contribution in [3.63, 3.8) is 0 Å². The number of rotatable bonds is 5. The minimum Gasteiger partial charge on any atom is -0.406 e. The number of hydrogen-bond acceptors (Lipinski definition) is 7. The number of amides is 2. The molecule has 1 saturated carbocycles. The van der Waals surface area contributed by atoms with Gasteiger partial charge in [0.2, 0.25) is 0 Å². The number of carbonyl (C=O) groups is 1. The average Bonchev–Trinajstić information content (AvgIpc) is 3.67. The number of anilines is 2. The van der Waals surface area contributed by atoms with Gasteiger partial charge in [0.1, 0.15) is 23.7 Å². The number of ether oxygens (including phenoxy) is 1. The quantitative estimate of drug-likeness (QED) is 0.526. The van der Waals surface area contributed by atoms with Crippen LogP contribution in [0.5, 0.6) is 5.75 Å².